The summed E-state index contributed by atoms with van der Waals surface area (Å²) in [5.41, 5.74) is -0.111. The molecule has 0 spiro atoms. The van der Waals surface area contributed by atoms with Crippen molar-refractivity contribution in [2.45, 2.75) is 37.6 Å². The largest absolute Gasteiger partial charge is 0.313 e. The zero-order chi connectivity index (χ0) is 15.2. The van der Waals surface area contributed by atoms with E-state index in [0.29, 0.717) is 6.42 Å². The molecule has 1 atom stereocenters. The Hall–Kier alpha value is -1.47. The van der Waals surface area contributed by atoms with Crippen LogP contribution in [0.1, 0.15) is 26.7 Å². The average Bonchev–Trinajstić information content (AvgIpc) is 2.43. The van der Waals surface area contributed by atoms with E-state index < -0.39 is 14.8 Å². The minimum Gasteiger partial charge on any atom is -0.313 e. The maximum absolute atomic E-state index is 12.2. The maximum Gasteiger partial charge on any atom is 0.269 e. The predicted molar refractivity (Wildman–Crippen MR) is 77.5 cm³/mol. The normalized spacial score (nSPS) is 13.1. The minimum atomic E-state index is -3.43. The molecule has 0 aliphatic heterocycles. The Bertz CT molecular complexity index is 540. The van der Waals surface area contributed by atoms with Crippen LogP contribution in [-0.4, -0.2) is 31.7 Å². The lowest BCUT2D eigenvalue weighted by molar-refractivity contribution is -0.384. The minimum absolute atomic E-state index is 0.00130. The van der Waals surface area contributed by atoms with Crippen LogP contribution in [0.4, 0.5) is 5.69 Å². The first-order valence-corrected chi connectivity index (χ1v) is 8.26. The van der Waals surface area contributed by atoms with Crippen molar-refractivity contribution in [3.05, 3.63) is 34.4 Å². The Morgan fingerprint density at radius 2 is 1.85 bits per heavy atom. The van der Waals surface area contributed by atoms with E-state index in [1.807, 2.05) is 13.8 Å². The Kier molecular flexibility index (Phi) is 6.09. The first kappa shape index (κ1) is 16.6. The highest BCUT2D eigenvalue weighted by Gasteiger charge is 2.20. The number of rotatable bonds is 8. The van der Waals surface area contributed by atoms with Gasteiger partial charge in [-0.2, -0.15) is 0 Å². The molecule has 0 heterocycles. The van der Waals surface area contributed by atoms with Crippen LogP contribution in [0.5, 0.6) is 0 Å². The van der Waals surface area contributed by atoms with Gasteiger partial charge in [-0.25, -0.2) is 8.42 Å². The molecule has 0 fully saturated rings. The molecule has 0 amide bonds. The number of hydrogen-bond donors (Lipinski definition) is 1. The summed E-state index contributed by atoms with van der Waals surface area (Å²) in [6, 6.07) is 4.91. The van der Waals surface area contributed by atoms with Crippen molar-refractivity contribution >= 4 is 15.5 Å². The molecule has 112 valence electrons. The van der Waals surface area contributed by atoms with Gasteiger partial charge < -0.3 is 5.32 Å². The summed E-state index contributed by atoms with van der Waals surface area (Å²) < 4.78 is 24.5. The van der Waals surface area contributed by atoms with Crippen LogP contribution in [0.3, 0.4) is 0 Å². The van der Waals surface area contributed by atoms with Crippen LogP contribution in [0.25, 0.3) is 0 Å². The standard InChI is InChI=1S/C13H20N2O4S/c1-3-9-14-11(4-2)10-20(18,19)13-7-5-12(6-8-13)15(16)17/h5-8,11,14H,3-4,9-10H2,1-2H3. The molecule has 1 rings (SSSR count). The van der Waals surface area contributed by atoms with E-state index in [2.05, 4.69) is 5.32 Å². The van der Waals surface area contributed by atoms with E-state index in [1.54, 1.807) is 0 Å². The first-order valence-electron chi connectivity index (χ1n) is 6.61. The van der Waals surface area contributed by atoms with Crippen LogP contribution in [0.15, 0.2) is 29.2 Å². The Balaban J connectivity index is 2.84. The number of nitro groups is 1. The number of non-ortho nitro benzene ring substituents is 1. The molecule has 1 aromatic carbocycles. The van der Waals surface area contributed by atoms with E-state index >= 15 is 0 Å². The van der Waals surface area contributed by atoms with Crippen molar-refractivity contribution in [1.82, 2.24) is 5.32 Å². The third-order valence-electron chi connectivity index (χ3n) is 3.00. The lowest BCUT2D eigenvalue weighted by Crippen LogP contribution is -2.35. The molecule has 7 heteroatoms. The van der Waals surface area contributed by atoms with Gasteiger partial charge >= 0.3 is 0 Å². The van der Waals surface area contributed by atoms with Gasteiger partial charge in [0, 0.05) is 18.2 Å². The fourth-order valence-corrected chi connectivity index (χ4v) is 3.43. The molecule has 20 heavy (non-hydrogen) atoms. The van der Waals surface area contributed by atoms with Crippen molar-refractivity contribution in [1.29, 1.82) is 0 Å². The van der Waals surface area contributed by atoms with E-state index in [9.17, 15) is 18.5 Å². The molecule has 0 saturated carbocycles. The van der Waals surface area contributed by atoms with E-state index in [-0.39, 0.29) is 22.4 Å². The van der Waals surface area contributed by atoms with Gasteiger partial charge in [0.15, 0.2) is 9.84 Å². The molecule has 1 aromatic rings. The van der Waals surface area contributed by atoms with Crippen LogP contribution in [0, 0.1) is 10.1 Å². The first-order chi connectivity index (χ1) is 9.40. The van der Waals surface area contributed by atoms with Gasteiger partial charge in [-0.3, -0.25) is 10.1 Å². The monoisotopic (exact) mass is 300 g/mol. The van der Waals surface area contributed by atoms with Crippen molar-refractivity contribution in [2.24, 2.45) is 0 Å². The summed E-state index contributed by atoms with van der Waals surface area (Å²) in [6.07, 6.45) is 1.65. The molecule has 1 N–H and O–H groups in total. The Morgan fingerprint density at radius 1 is 1.25 bits per heavy atom. The van der Waals surface area contributed by atoms with Gasteiger partial charge in [0.05, 0.1) is 15.6 Å². The summed E-state index contributed by atoms with van der Waals surface area (Å²) in [4.78, 5) is 10.1. The van der Waals surface area contributed by atoms with Crippen LogP contribution < -0.4 is 5.32 Å². The zero-order valence-electron chi connectivity index (χ0n) is 11.7. The highest BCUT2D eigenvalue weighted by Crippen LogP contribution is 2.18. The lowest BCUT2D eigenvalue weighted by atomic mass is 10.2. The van der Waals surface area contributed by atoms with Crippen LogP contribution in [0.2, 0.25) is 0 Å². The van der Waals surface area contributed by atoms with Crippen molar-refractivity contribution in [3.8, 4) is 0 Å². The van der Waals surface area contributed by atoms with Crippen molar-refractivity contribution in [3.63, 3.8) is 0 Å². The number of sulfone groups is 1. The lowest BCUT2D eigenvalue weighted by Gasteiger charge is -2.16. The van der Waals surface area contributed by atoms with Crippen molar-refractivity contribution in [2.75, 3.05) is 12.3 Å². The molecular formula is C13H20N2O4S. The van der Waals surface area contributed by atoms with Crippen LogP contribution >= 0.6 is 0 Å². The molecule has 0 aliphatic carbocycles. The Morgan fingerprint density at radius 3 is 2.30 bits per heavy atom. The fraction of sp³-hybridized carbons (Fsp3) is 0.538. The van der Waals surface area contributed by atoms with Crippen LogP contribution in [-0.2, 0) is 9.84 Å². The van der Waals surface area contributed by atoms with E-state index in [1.165, 1.54) is 24.3 Å². The SMILES string of the molecule is CCCNC(CC)CS(=O)(=O)c1ccc([N+](=O)[O-])cc1. The number of nitrogens with one attached hydrogen (secondary N) is 1. The number of benzene rings is 1. The number of nitro benzene ring substituents is 1. The zero-order valence-corrected chi connectivity index (χ0v) is 12.5. The molecule has 0 saturated heterocycles. The highest BCUT2D eigenvalue weighted by molar-refractivity contribution is 7.91. The molecule has 0 aliphatic rings. The number of nitrogens with zero attached hydrogens (tertiary/aromatic N) is 1. The fourth-order valence-electron chi connectivity index (χ4n) is 1.81. The summed E-state index contributed by atoms with van der Waals surface area (Å²) in [5, 5.41) is 13.7. The van der Waals surface area contributed by atoms with E-state index in [0.717, 1.165) is 13.0 Å². The second-order valence-corrected chi connectivity index (χ2v) is 6.63. The topological polar surface area (TPSA) is 89.3 Å². The molecule has 0 aromatic heterocycles. The maximum atomic E-state index is 12.2. The van der Waals surface area contributed by atoms with Gasteiger partial charge in [0.1, 0.15) is 0 Å². The smallest absolute Gasteiger partial charge is 0.269 e. The summed E-state index contributed by atoms with van der Waals surface area (Å²) in [5.74, 6) is 0.00130. The third-order valence-corrected chi connectivity index (χ3v) is 4.83. The van der Waals surface area contributed by atoms with Gasteiger partial charge in [-0.15, -0.1) is 0 Å². The molecule has 0 bridgehead atoms. The van der Waals surface area contributed by atoms with Gasteiger partial charge in [-0.05, 0) is 31.5 Å². The van der Waals surface area contributed by atoms with Crippen molar-refractivity contribution < 1.29 is 13.3 Å². The summed E-state index contributed by atoms with van der Waals surface area (Å²) in [7, 11) is -3.43. The summed E-state index contributed by atoms with van der Waals surface area (Å²) >= 11 is 0. The molecular weight excluding hydrogens is 280 g/mol. The molecule has 6 nitrogen and oxygen atoms in total. The van der Waals surface area contributed by atoms with E-state index in [4.69, 9.17) is 0 Å². The second kappa shape index (κ2) is 7.35. The summed E-state index contributed by atoms with van der Waals surface area (Å²) in [6.45, 7) is 4.72. The van der Waals surface area contributed by atoms with Gasteiger partial charge in [-0.1, -0.05) is 13.8 Å². The van der Waals surface area contributed by atoms with Gasteiger partial charge in [0.2, 0.25) is 0 Å². The highest BCUT2D eigenvalue weighted by atomic mass is 32.2. The number of hydrogen-bond acceptors (Lipinski definition) is 5. The molecule has 1 unspecified atom stereocenters. The quantitative estimate of drug-likeness (QED) is 0.587. The predicted octanol–water partition coefficient (Wildman–Crippen LogP) is 2.15. The average molecular weight is 300 g/mol. The third kappa shape index (κ3) is 4.57. The Labute approximate surface area is 119 Å². The second-order valence-electron chi connectivity index (χ2n) is 4.59. The van der Waals surface area contributed by atoms with Gasteiger partial charge in [0.25, 0.3) is 5.69 Å². The molecule has 0 radical (unpaired) electrons.